The number of nitro groups is 1. The first-order valence-electron chi connectivity index (χ1n) is 9.98. The highest BCUT2D eigenvalue weighted by Crippen LogP contribution is 2.32. The van der Waals surface area contributed by atoms with E-state index in [9.17, 15) is 23.3 Å². The third-order valence-corrected chi connectivity index (χ3v) is 5.85. The van der Waals surface area contributed by atoms with Crippen LogP contribution in [-0.4, -0.2) is 52.5 Å². The molecule has 0 atom stereocenters. The zero-order valence-corrected chi connectivity index (χ0v) is 19.8. The summed E-state index contributed by atoms with van der Waals surface area (Å²) in [6.07, 6.45) is 2.22. The van der Waals surface area contributed by atoms with Crippen molar-refractivity contribution in [2.45, 2.75) is 0 Å². The summed E-state index contributed by atoms with van der Waals surface area (Å²) in [5, 5.41) is 14.6. The Labute approximate surface area is 201 Å². The summed E-state index contributed by atoms with van der Waals surface area (Å²) in [7, 11) is -0.945. The van der Waals surface area contributed by atoms with Gasteiger partial charge in [-0.1, -0.05) is 0 Å². The summed E-state index contributed by atoms with van der Waals surface area (Å²) in [5.74, 6) is 0.774. The normalized spacial score (nSPS) is 11.3. The van der Waals surface area contributed by atoms with Crippen LogP contribution in [-0.2, 0) is 14.8 Å². The van der Waals surface area contributed by atoms with Crippen LogP contribution in [0.4, 0.5) is 11.4 Å². The van der Waals surface area contributed by atoms with Crippen LogP contribution in [0, 0.1) is 10.1 Å². The number of nitro benzene ring substituents is 1. The summed E-state index contributed by atoms with van der Waals surface area (Å²) >= 11 is 0. The molecule has 0 saturated carbocycles. The number of hydrogen-bond acceptors (Lipinski definition) is 9. The summed E-state index contributed by atoms with van der Waals surface area (Å²) in [4.78, 5) is 22.7. The summed E-state index contributed by atoms with van der Waals surface area (Å²) in [5.41, 5.74) is 3.05. The molecule has 1 amide bonds. The van der Waals surface area contributed by atoms with Gasteiger partial charge in [0, 0.05) is 23.8 Å². The minimum absolute atomic E-state index is 0.0407. The van der Waals surface area contributed by atoms with E-state index in [-0.39, 0.29) is 11.4 Å². The fourth-order valence-electron chi connectivity index (χ4n) is 3.04. The number of furan rings is 1. The Kier molecular flexibility index (Phi) is 7.71. The molecule has 0 spiro atoms. The molecule has 0 bridgehead atoms. The number of sulfonamides is 1. The Balaban J connectivity index is 1.67. The summed E-state index contributed by atoms with van der Waals surface area (Å²) < 4.78 is 41.4. The first-order chi connectivity index (χ1) is 16.6. The van der Waals surface area contributed by atoms with Gasteiger partial charge in [0.15, 0.2) is 11.5 Å². The molecule has 35 heavy (non-hydrogen) atoms. The third-order valence-electron chi connectivity index (χ3n) is 4.71. The first-order valence-corrected chi connectivity index (χ1v) is 11.8. The van der Waals surface area contributed by atoms with Gasteiger partial charge >= 0.3 is 0 Å². The number of carbonyl (C=O) groups excluding carboxylic acids is 1. The van der Waals surface area contributed by atoms with E-state index in [4.69, 9.17) is 13.9 Å². The van der Waals surface area contributed by atoms with E-state index >= 15 is 0 Å². The van der Waals surface area contributed by atoms with Crippen molar-refractivity contribution in [3.63, 3.8) is 0 Å². The first kappa shape index (κ1) is 25.2. The Morgan fingerprint density at radius 2 is 1.80 bits per heavy atom. The Morgan fingerprint density at radius 1 is 1.11 bits per heavy atom. The minimum atomic E-state index is -3.81. The van der Waals surface area contributed by atoms with E-state index < -0.39 is 27.4 Å². The van der Waals surface area contributed by atoms with Crippen LogP contribution >= 0.6 is 0 Å². The number of carbonyl (C=O) groups is 1. The molecule has 1 N–H and O–H groups in total. The van der Waals surface area contributed by atoms with Gasteiger partial charge in [-0.2, -0.15) is 5.10 Å². The minimum Gasteiger partial charge on any atom is -0.493 e. The number of amides is 1. The van der Waals surface area contributed by atoms with E-state index in [1.54, 1.807) is 24.3 Å². The van der Waals surface area contributed by atoms with Crippen molar-refractivity contribution in [1.29, 1.82) is 0 Å². The lowest BCUT2D eigenvalue weighted by Gasteiger charge is -2.22. The highest BCUT2D eigenvalue weighted by molar-refractivity contribution is 7.92. The van der Waals surface area contributed by atoms with Crippen molar-refractivity contribution >= 4 is 33.5 Å². The zero-order chi connectivity index (χ0) is 25.6. The van der Waals surface area contributed by atoms with Crippen LogP contribution in [0.3, 0.4) is 0 Å². The number of methoxy groups -OCH3 is 2. The number of anilines is 1. The van der Waals surface area contributed by atoms with E-state index in [2.05, 4.69) is 10.5 Å². The SMILES string of the molecule is COc1ccc(N(CC(=O)N/N=C\c2ccc(-c3ccc([N+](=O)[O-])cc3)o2)S(C)(=O)=O)cc1OC. The number of non-ortho nitro benzene ring substituents is 1. The number of benzene rings is 2. The molecule has 0 saturated heterocycles. The van der Waals surface area contributed by atoms with Crippen molar-refractivity contribution in [3.8, 4) is 22.8 Å². The van der Waals surface area contributed by atoms with E-state index in [1.807, 2.05) is 0 Å². The molecule has 3 aromatic rings. The number of hydrogen-bond donors (Lipinski definition) is 1. The molecule has 0 aliphatic heterocycles. The van der Waals surface area contributed by atoms with Crippen molar-refractivity contribution in [3.05, 3.63) is 70.5 Å². The van der Waals surface area contributed by atoms with Crippen LogP contribution in [0.5, 0.6) is 11.5 Å². The second kappa shape index (κ2) is 10.7. The lowest BCUT2D eigenvalue weighted by molar-refractivity contribution is -0.384. The van der Waals surface area contributed by atoms with Crippen LogP contribution in [0.25, 0.3) is 11.3 Å². The van der Waals surface area contributed by atoms with Crippen LogP contribution < -0.4 is 19.2 Å². The smallest absolute Gasteiger partial charge is 0.269 e. The van der Waals surface area contributed by atoms with Gasteiger partial charge in [-0.15, -0.1) is 0 Å². The van der Waals surface area contributed by atoms with Gasteiger partial charge in [0.2, 0.25) is 10.0 Å². The molecular formula is C22H22N4O8S. The maximum Gasteiger partial charge on any atom is 0.269 e. The molecule has 0 unspecified atom stereocenters. The molecule has 2 aromatic carbocycles. The molecule has 13 heteroatoms. The lowest BCUT2D eigenvalue weighted by Crippen LogP contribution is -2.39. The Hall–Kier alpha value is -4.39. The van der Waals surface area contributed by atoms with Gasteiger partial charge in [0.1, 0.15) is 18.1 Å². The average molecular weight is 503 g/mol. The van der Waals surface area contributed by atoms with Crippen molar-refractivity contribution in [2.75, 3.05) is 31.3 Å². The molecule has 1 aromatic heterocycles. The largest absolute Gasteiger partial charge is 0.493 e. The molecule has 184 valence electrons. The number of rotatable bonds is 10. The fourth-order valence-corrected chi connectivity index (χ4v) is 3.89. The molecule has 0 aliphatic carbocycles. The highest BCUT2D eigenvalue weighted by Gasteiger charge is 2.22. The molecule has 12 nitrogen and oxygen atoms in total. The molecule has 0 aliphatic rings. The van der Waals surface area contributed by atoms with Gasteiger partial charge in [-0.05, 0) is 36.4 Å². The Bertz CT molecular complexity index is 1350. The van der Waals surface area contributed by atoms with Crippen LogP contribution in [0.1, 0.15) is 5.76 Å². The van der Waals surface area contributed by atoms with Crippen molar-refractivity contribution in [2.24, 2.45) is 5.10 Å². The van der Waals surface area contributed by atoms with Crippen molar-refractivity contribution in [1.82, 2.24) is 5.43 Å². The molecule has 0 fully saturated rings. The van der Waals surface area contributed by atoms with E-state index in [0.717, 1.165) is 10.6 Å². The highest BCUT2D eigenvalue weighted by atomic mass is 32.2. The number of nitrogens with zero attached hydrogens (tertiary/aromatic N) is 3. The van der Waals surface area contributed by atoms with Crippen LogP contribution in [0.15, 0.2) is 64.1 Å². The number of hydrazone groups is 1. The van der Waals surface area contributed by atoms with Gasteiger partial charge < -0.3 is 13.9 Å². The third kappa shape index (κ3) is 6.35. The topological polar surface area (TPSA) is 154 Å². The molecule has 1 heterocycles. The van der Waals surface area contributed by atoms with Gasteiger partial charge in [-0.3, -0.25) is 19.2 Å². The monoisotopic (exact) mass is 502 g/mol. The molecule has 0 radical (unpaired) electrons. The van der Waals surface area contributed by atoms with Gasteiger partial charge in [0.25, 0.3) is 11.6 Å². The fraction of sp³-hybridized carbons (Fsp3) is 0.182. The summed E-state index contributed by atoms with van der Waals surface area (Å²) in [6, 6.07) is 13.5. The second-order valence-corrected chi connectivity index (χ2v) is 9.01. The Morgan fingerprint density at radius 3 is 2.40 bits per heavy atom. The predicted octanol–water partition coefficient (Wildman–Crippen LogP) is 2.79. The number of nitrogens with one attached hydrogen (secondary N) is 1. The maximum absolute atomic E-state index is 12.4. The standard InChI is InChI=1S/C22H22N4O8S/c1-32-20-10-8-17(12-21(20)33-2)25(35(3,30)31)14-22(27)24-23-13-18-9-11-19(34-18)15-4-6-16(7-5-15)26(28)29/h4-13H,14H2,1-3H3,(H,24,27)/b23-13-. The van der Waals surface area contributed by atoms with Crippen LogP contribution in [0.2, 0.25) is 0 Å². The summed E-state index contributed by atoms with van der Waals surface area (Å²) in [6.45, 7) is -0.530. The molecular weight excluding hydrogens is 480 g/mol. The average Bonchev–Trinajstić information content (AvgIpc) is 3.30. The maximum atomic E-state index is 12.4. The van der Waals surface area contributed by atoms with Crippen molar-refractivity contribution < 1.29 is 32.0 Å². The molecule has 3 rings (SSSR count). The zero-order valence-electron chi connectivity index (χ0n) is 19.0. The van der Waals surface area contributed by atoms with E-state index in [1.165, 1.54) is 50.8 Å². The second-order valence-electron chi connectivity index (χ2n) is 7.11. The van der Waals surface area contributed by atoms with Gasteiger partial charge in [0.05, 0.1) is 37.3 Å². The van der Waals surface area contributed by atoms with E-state index in [0.29, 0.717) is 28.6 Å². The predicted molar refractivity (Wildman–Crippen MR) is 128 cm³/mol. The lowest BCUT2D eigenvalue weighted by atomic mass is 10.1. The quantitative estimate of drug-likeness (QED) is 0.252. The van der Waals surface area contributed by atoms with Gasteiger partial charge in [-0.25, -0.2) is 13.8 Å². The number of ether oxygens (including phenoxy) is 2.